The van der Waals surface area contributed by atoms with Crippen LogP contribution in [-0.2, 0) is 0 Å². The third-order valence-corrected chi connectivity index (χ3v) is 3.32. The van der Waals surface area contributed by atoms with Crippen molar-refractivity contribution in [2.75, 3.05) is 5.32 Å². The van der Waals surface area contributed by atoms with Gasteiger partial charge in [0.05, 0.1) is 5.69 Å². The number of benzene rings is 1. The Morgan fingerprint density at radius 3 is 2.59 bits per heavy atom. The van der Waals surface area contributed by atoms with E-state index in [1.54, 1.807) is 0 Å². The maximum Gasteiger partial charge on any atom is 0.224 e. The molecular weight excluding hydrogens is 372 g/mol. The van der Waals surface area contributed by atoms with Gasteiger partial charge in [0.25, 0.3) is 0 Å². The summed E-state index contributed by atoms with van der Waals surface area (Å²) in [7, 11) is 0. The summed E-state index contributed by atoms with van der Waals surface area (Å²) >= 11 is 13.9. The summed E-state index contributed by atoms with van der Waals surface area (Å²) in [5.41, 5.74) is 1.75. The number of hydrogen-bond donors (Lipinski definition) is 1. The summed E-state index contributed by atoms with van der Waals surface area (Å²) in [6.45, 7) is 1.87. The van der Waals surface area contributed by atoms with Crippen molar-refractivity contribution in [3.8, 4) is 0 Å². The molecule has 0 saturated heterocycles. The van der Waals surface area contributed by atoms with Gasteiger partial charge in [0.2, 0.25) is 5.28 Å². The molecule has 1 aromatic carbocycles. The Morgan fingerprint density at radius 2 is 1.94 bits per heavy atom. The smallest absolute Gasteiger partial charge is 0.224 e. The van der Waals surface area contributed by atoms with Crippen LogP contribution in [0.5, 0.6) is 0 Å². The van der Waals surface area contributed by atoms with Crippen LogP contribution in [0.3, 0.4) is 0 Å². The Bertz CT molecular complexity index is 540. The van der Waals surface area contributed by atoms with Crippen molar-refractivity contribution in [3.63, 3.8) is 0 Å². The monoisotopic (exact) mass is 379 g/mol. The molecule has 2 rings (SSSR count). The second-order valence-electron chi connectivity index (χ2n) is 3.41. The zero-order chi connectivity index (χ0) is 12.4. The average molecular weight is 380 g/mol. The van der Waals surface area contributed by atoms with Crippen molar-refractivity contribution >= 4 is 57.3 Å². The number of halogens is 3. The molecule has 0 spiro atoms. The molecule has 3 nitrogen and oxygen atoms in total. The van der Waals surface area contributed by atoms with Crippen LogP contribution in [0.25, 0.3) is 0 Å². The number of nitrogens with zero attached hydrogens (tertiary/aromatic N) is 2. The molecule has 0 bridgehead atoms. The summed E-state index contributed by atoms with van der Waals surface area (Å²) in [5, 5.41) is 4.12. The minimum Gasteiger partial charge on any atom is -0.339 e. The molecule has 1 N–H and O–H groups in total. The van der Waals surface area contributed by atoms with Crippen LogP contribution in [0, 0.1) is 10.5 Å². The second kappa shape index (κ2) is 5.37. The van der Waals surface area contributed by atoms with Gasteiger partial charge in [-0.3, -0.25) is 0 Å². The van der Waals surface area contributed by atoms with Crippen LogP contribution >= 0.6 is 45.8 Å². The lowest BCUT2D eigenvalue weighted by Gasteiger charge is -2.08. The fraction of sp³-hybridized carbons (Fsp3) is 0.0909. The fourth-order valence-electron chi connectivity index (χ4n) is 1.33. The van der Waals surface area contributed by atoms with E-state index in [-0.39, 0.29) is 5.28 Å². The lowest BCUT2D eigenvalue weighted by Crippen LogP contribution is -1.98. The lowest BCUT2D eigenvalue weighted by atomic mass is 10.3. The minimum absolute atomic E-state index is 0.233. The van der Waals surface area contributed by atoms with Crippen molar-refractivity contribution in [3.05, 3.63) is 43.8 Å². The Kier molecular flexibility index (Phi) is 4.06. The minimum atomic E-state index is 0.233. The van der Waals surface area contributed by atoms with Gasteiger partial charge in [-0.2, -0.15) is 0 Å². The van der Waals surface area contributed by atoms with E-state index in [1.165, 1.54) is 0 Å². The van der Waals surface area contributed by atoms with Gasteiger partial charge in [0, 0.05) is 20.4 Å². The first kappa shape index (κ1) is 12.9. The van der Waals surface area contributed by atoms with Gasteiger partial charge >= 0.3 is 0 Å². The van der Waals surface area contributed by atoms with Crippen LogP contribution in [0.4, 0.5) is 11.5 Å². The third-order valence-electron chi connectivity index (χ3n) is 2.02. The molecule has 2 aromatic rings. The van der Waals surface area contributed by atoms with E-state index >= 15 is 0 Å². The number of hydrogen-bond acceptors (Lipinski definition) is 3. The summed E-state index contributed by atoms with van der Waals surface area (Å²) in [6, 6.07) is 7.42. The average Bonchev–Trinajstić information content (AvgIpc) is 2.21. The molecule has 0 aliphatic rings. The van der Waals surface area contributed by atoms with E-state index in [0.29, 0.717) is 10.8 Å². The van der Waals surface area contributed by atoms with E-state index in [9.17, 15) is 0 Å². The SMILES string of the molecule is Cc1cc(Nc2ccc(Cl)cc2I)nc(Cl)n1. The summed E-state index contributed by atoms with van der Waals surface area (Å²) in [5.74, 6) is 0.669. The number of nitrogens with one attached hydrogen (secondary N) is 1. The lowest BCUT2D eigenvalue weighted by molar-refractivity contribution is 1.10. The number of aromatic nitrogens is 2. The first-order valence-corrected chi connectivity index (χ1v) is 6.61. The van der Waals surface area contributed by atoms with Crippen molar-refractivity contribution in [2.24, 2.45) is 0 Å². The molecule has 88 valence electrons. The molecule has 0 amide bonds. The van der Waals surface area contributed by atoms with Crippen LogP contribution in [0.15, 0.2) is 24.3 Å². The molecule has 0 aliphatic carbocycles. The van der Waals surface area contributed by atoms with Crippen LogP contribution in [0.1, 0.15) is 5.69 Å². The Labute approximate surface area is 123 Å². The second-order valence-corrected chi connectivity index (χ2v) is 5.35. The van der Waals surface area contributed by atoms with Crippen molar-refractivity contribution in [1.29, 1.82) is 0 Å². The molecule has 1 heterocycles. The molecule has 0 radical (unpaired) electrons. The maximum atomic E-state index is 5.89. The van der Waals surface area contributed by atoms with Crippen LogP contribution in [0.2, 0.25) is 10.3 Å². The van der Waals surface area contributed by atoms with Crippen LogP contribution < -0.4 is 5.32 Å². The van der Waals surface area contributed by atoms with Crippen LogP contribution in [-0.4, -0.2) is 9.97 Å². The summed E-state index contributed by atoms with van der Waals surface area (Å²) in [4.78, 5) is 8.10. The Morgan fingerprint density at radius 1 is 1.18 bits per heavy atom. The van der Waals surface area contributed by atoms with Gasteiger partial charge in [-0.25, -0.2) is 9.97 Å². The first-order chi connectivity index (χ1) is 8.04. The highest BCUT2D eigenvalue weighted by Crippen LogP contribution is 2.25. The highest BCUT2D eigenvalue weighted by atomic mass is 127. The maximum absolute atomic E-state index is 5.89. The van der Waals surface area contributed by atoms with Gasteiger partial charge in [-0.05, 0) is 59.3 Å². The molecule has 0 atom stereocenters. The van der Waals surface area contributed by atoms with Crippen molar-refractivity contribution in [1.82, 2.24) is 9.97 Å². The molecule has 0 saturated carbocycles. The Hall–Kier alpha value is -0.590. The zero-order valence-electron chi connectivity index (χ0n) is 8.84. The summed E-state index contributed by atoms with van der Waals surface area (Å²) in [6.07, 6.45) is 0. The molecule has 1 aromatic heterocycles. The van der Waals surface area contributed by atoms with Gasteiger partial charge in [-0.15, -0.1) is 0 Å². The first-order valence-electron chi connectivity index (χ1n) is 4.78. The van der Waals surface area contributed by atoms with Crippen molar-refractivity contribution < 1.29 is 0 Å². The third kappa shape index (κ3) is 3.43. The number of anilines is 2. The van der Waals surface area contributed by atoms with E-state index in [2.05, 4.69) is 37.9 Å². The molecule has 0 unspecified atom stereocenters. The van der Waals surface area contributed by atoms with E-state index in [4.69, 9.17) is 23.2 Å². The van der Waals surface area contributed by atoms with Gasteiger partial charge < -0.3 is 5.32 Å². The largest absolute Gasteiger partial charge is 0.339 e. The zero-order valence-corrected chi connectivity index (χ0v) is 12.5. The molecular formula is C11H8Cl2IN3. The van der Waals surface area contributed by atoms with Gasteiger partial charge in [-0.1, -0.05) is 11.6 Å². The van der Waals surface area contributed by atoms with Crippen molar-refractivity contribution in [2.45, 2.75) is 6.92 Å². The number of rotatable bonds is 2. The van der Waals surface area contributed by atoms with E-state index < -0.39 is 0 Å². The molecule has 0 fully saturated rings. The molecule has 6 heteroatoms. The highest BCUT2D eigenvalue weighted by molar-refractivity contribution is 14.1. The standard InChI is InChI=1S/C11H8Cl2IN3/c1-6-4-10(17-11(13)15-6)16-9-3-2-7(12)5-8(9)14/h2-5H,1H3,(H,15,16,17). The highest BCUT2D eigenvalue weighted by Gasteiger charge is 2.04. The van der Waals surface area contributed by atoms with E-state index in [0.717, 1.165) is 15.0 Å². The quantitative estimate of drug-likeness (QED) is 0.619. The fourth-order valence-corrected chi connectivity index (χ4v) is 2.56. The van der Waals surface area contributed by atoms with E-state index in [1.807, 2.05) is 31.2 Å². The Balaban J connectivity index is 2.31. The predicted molar refractivity (Wildman–Crippen MR) is 79.2 cm³/mol. The number of aryl methyl sites for hydroxylation is 1. The molecule has 0 aliphatic heterocycles. The summed E-state index contributed by atoms with van der Waals surface area (Å²) < 4.78 is 1.02. The normalized spacial score (nSPS) is 10.4. The predicted octanol–water partition coefficient (Wildman–Crippen LogP) is 4.44. The van der Waals surface area contributed by atoms with Gasteiger partial charge in [0.1, 0.15) is 5.82 Å². The molecule has 17 heavy (non-hydrogen) atoms. The topological polar surface area (TPSA) is 37.8 Å². The van der Waals surface area contributed by atoms with Gasteiger partial charge in [0.15, 0.2) is 0 Å².